The van der Waals surface area contributed by atoms with Crippen molar-refractivity contribution in [2.24, 2.45) is 5.73 Å². The zero-order chi connectivity index (χ0) is 20.3. The number of nitrogens with zero attached hydrogens (tertiary/aromatic N) is 4. The first-order valence-electron chi connectivity index (χ1n) is 9.39. The van der Waals surface area contributed by atoms with Crippen molar-refractivity contribution in [3.8, 4) is 5.75 Å². The van der Waals surface area contributed by atoms with Gasteiger partial charge in [0.25, 0.3) is 5.91 Å². The zero-order valence-electron chi connectivity index (χ0n) is 16.5. The van der Waals surface area contributed by atoms with Crippen molar-refractivity contribution < 1.29 is 14.3 Å². The number of methoxy groups -OCH3 is 1. The molecular weight excluding hydrogens is 358 g/mol. The van der Waals surface area contributed by atoms with Gasteiger partial charge in [0.15, 0.2) is 0 Å². The van der Waals surface area contributed by atoms with Gasteiger partial charge in [-0.1, -0.05) is 0 Å². The second-order valence-electron chi connectivity index (χ2n) is 7.23. The van der Waals surface area contributed by atoms with E-state index in [-0.39, 0.29) is 11.9 Å². The molecule has 150 valence electrons. The molecule has 2 heterocycles. The predicted molar refractivity (Wildman–Crippen MR) is 105 cm³/mol. The molecule has 2 N–H and O–H groups in total. The quantitative estimate of drug-likeness (QED) is 0.799. The molecule has 0 saturated carbocycles. The predicted octanol–water partition coefficient (Wildman–Crippen LogP) is 0.960. The summed E-state index contributed by atoms with van der Waals surface area (Å²) >= 11 is 0. The number of nitrogens with two attached hydrogens (primary N) is 1. The van der Waals surface area contributed by atoms with Gasteiger partial charge in [0.2, 0.25) is 5.91 Å². The first-order chi connectivity index (χ1) is 13.4. The Labute approximate surface area is 164 Å². The van der Waals surface area contributed by atoms with Crippen LogP contribution in [0.4, 0.5) is 0 Å². The highest BCUT2D eigenvalue weighted by atomic mass is 16.5. The van der Waals surface area contributed by atoms with Crippen LogP contribution in [0.25, 0.3) is 0 Å². The Morgan fingerprint density at radius 3 is 2.71 bits per heavy atom. The summed E-state index contributed by atoms with van der Waals surface area (Å²) in [5, 5.41) is 4.21. The van der Waals surface area contributed by atoms with Gasteiger partial charge in [0.05, 0.1) is 13.7 Å². The van der Waals surface area contributed by atoms with Gasteiger partial charge in [-0.2, -0.15) is 5.10 Å². The minimum absolute atomic E-state index is 0.112. The molecule has 0 aliphatic carbocycles. The number of carbonyl (C=O) groups excluding carboxylic acids is 2. The Bertz CT molecular complexity index is 834. The fourth-order valence-electron chi connectivity index (χ4n) is 3.64. The molecule has 1 aromatic carbocycles. The Morgan fingerprint density at radius 1 is 1.32 bits per heavy atom. The summed E-state index contributed by atoms with van der Waals surface area (Å²) < 4.78 is 7.20. The lowest BCUT2D eigenvalue weighted by Crippen LogP contribution is -2.61. The molecule has 3 rings (SSSR count). The first-order valence-corrected chi connectivity index (χ1v) is 9.39. The number of piperazine rings is 1. The number of ether oxygens (including phenoxy) is 1. The van der Waals surface area contributed by atoms with Gasteiger partial charge in [-0.3, -0.25) is 19.2 Å². The molecule has 8 nitrogen and oxygen atoms in total. The summed E-state index contributed by atoms with van der Waals surface area (Å²) in [7, 11) is 1.60. The van der Waals surface area contributed by atoms with Gasteiger partial charge >= 0.3 is 0 Å². The normalized spacial score (nSPS) is 17.7. The molecule has 1 unspecified atom stereocenters. The Kier molecular flexibility index (Phi) is 5.99. The van der Waals surface area contributed by atoms with Crippen molar-refractivity contribution >= 4 is 11.8 Å². The summed E-state index contributed by atoms with van der Waals surface area (Å²) in [5.41, 5.74) is 7.01. The van der Waals surface area contributed by atoms with E-state index in [1.165, 1.54) is 0 Å². The molecule has 2 amide bonds. The maximum absolute atomic E-state index is 13.1. The van der Waals surface area contributed by atoms with E-state index >= 15 is 0 Å². The maximum atomic E-state index is 13.1. The van der Waals surface area contributed by atoms with Crippen molar-refractivity contribution in [3.63, 3.8) is 0 Å². The molecule has 1 aliphatic rings. The topological polar surface area (TPSA) is 93.7 Å². The second kappa shape index (κ2) is 8.43. The van der Waals surface area contributed by atoms with Gasteiger partial charge in [0, 0.05) is 49.2 Å². The molecule has 8 heteroatoms. The van der Waals surface area contributed by atoms with Gasteiger partial charge in [-0.05, 0) is 38.1 Å². The molecule has 1 atom stereocenters. The standard InChI is InChI=1S/C20H27N5O3/c1-14(2)25-10-9-23(13-17(25)19(21)26)20(27)15-5-6-18(28-3)16(11-15)12-24-8-4-7-22-24/h4-8,11,14,17H,9-10,12-13H2,1-3H3,(H2,21,26). The maximum Gasteiger partial charge on any atom is 0.253 e. The minimum atomic E-state index is -0.473. The van der Waals surface area contributed by atoms with Gasteiger partial charge < -0.3 is 15.4 Å². The zero-order valence-corrected chi connectivity index (χ0v) is 16.5. The molecule has 1 fully saturated rings. The van der Waals surface area contributed by atoms with E-state index in [1.54, 1.807) is 35.0 Å². The van der Waals surface area contributed by atoms with Crippen molar-refractivity contribution in [2.45, 2.75) is 32.5 Å². The monoisotopic (exact) mass is 385 g/mol. The van der Waals surface area contributed by atoms with Crippen molar-refractivity contribution in [2.75, 3.05) is 26.7 Å². The molecule has 0 spiro atoms. The third-order valence-electron chi connectivity index (χ3n) is 5.12. The summed E-state index contributed by atoms with van der Waals surface area (Å²) in [5.74, 6) is 0.186. The third kappa shape index (κ3) is 4.17. The highest BCUT2D eigenvalue weighted by Gasteiger charge is 2.34. The molecule has 1 aromatic heterocycles. The van der Waals surface area contributed by atoms with Crippen LogP contribution in [0.3, 0.4) is 0 Å². The highest BCUT2D eigenvalue weighted by Crippen LogP contribution is 2.23. The molecule has 2 aromatic rings. The minimum Gasteiger partial charge on any atom is -0.496 e. The number of rotatable bonds is 6. The van der Waals surface area contributed by atoms with Crippen molar-refractivity contribution in [3.05, 3.63) is 47.8 Å². The number of primary amides is 1. The number of hydrogen-bond acceptors (Lipinski definition) is 5. The van der Waals surface area contributed by atoms with Crippen molar-refractivity contribution in [1.29, 1.82) is 0 Å². The Hall–Kier alpha value is -2.87. The van der Waals surface area contributed by atoms with Gasteiger partial charge in [-0.15, -0.1) is 0 Å². The second-order valence-corrected chi connectivity index (χ2v) is 7.23. The number of aromatic nitrogens is 2. The van der Waals surface area contributed by atoms with Gasteiger partial charge in [0.1, 0.15) is 11.8 Å². The van der Waals surface area contributed by atoms with E-state index in [2.05, 4.69) is 5.10 Å². The molecule has 28 heavy (non-hydrogen) atoms. The highest BCUT2D eigenvalue weighted by molar-refractivity contribution is 5.95. The van der Waals surface area contributed by atoms with E-state index in [1.807, 2.05) is 37.1 Å². The molecule has 0 radical (unpaired) electrons. The summed E-state index contributed by atoms with van der Waals surface area (Å²) in [6, 6.07) is 6.94. The molecule has 1 aliphatic heterocycles. The van der Waals surface area contributed by atoms with Crippen LogP contribution in [0.5, 0.6) is 5.75 Å². The van der Waals surface area contributed by atoms with Crippen LogP contribution in [-0.4, -0.2) is 70.2 Å². The lowest BCUT2D eigenvalue weighted by molar-refractivity contribution is -0.126. The van der Waals surface area contributed by atoms with Crippen molar-refractivity contribution in [1.82, 2.24) is 19.6 Å². The molecular formula is C20H27N5O3. The molecule has 1 saturated heterocycles. The molecule has 0 bridgehead atoms. The number of amides is 2. The fraction of sp³-hybridized carbons (Fsp3) is 0.450. The third-order valence-corrected chi connectivity index (χ3v) is 5.12. The Morgan fingerprint density at radius 2 is 2.11 bits per heavy atom. The lowest BCUT2D eigenvalue weighted by atomic mass is 10.1. The summed E-state index contributed by atoms with van der Waals surface area (Å²) in [6.07, 6.45) is 3.57. The summed E-state index contributed by atoms with van der Waals surface area (Å²) in [6.45, 7) is 6.03. The van der Waals surface area contributed by atoms with Gasteiger partial charge in [-0.25, -0.2) is 0 Å². The van der Waals surface area contributed by atoms with Crippen LogP contribution in [-0.2, 0) is 11.3 Å². The van der Waals surface area contributed by atoms with E-state index in [4.69, 9.17) is 10.5 Å². The summed E-state index contributed by atoms with van der Waals surface area (Å²) in [4.78, 5) is 28.7. The van der Waals surface area contributed by atoms with Crippen LogP contribution in [0.15, 0.2) is 36.7 Å². The van der Waals surface area contributed by atoms with E-state index in [0.717, 1.165) is 5.56 Å². The van der Waals surface area contributed by atoms with Crippen LogP contribution in [0, 0.1) is 0 Å². The van der Waals surface area contributed by atoms with Crippen LogP contribution in [0.2, 0.25) is 0 Å². The van der Waals surface area contributed by atoms with Crippen LogP contribution >= 0.6 is 0 Å². The van der Waals surface area contributed by atoms with E-state index in [9.17, 15) is 9.59 Å². The fourth-order valence-corrected chi connectivity index (χ4v) is 3.64. The number of carbonyl (C=O) groups is 2. The average Bonchev–Trinajstić information content (AvgIpc) is 3.19. The Balaban J connectivity index is 1.81. The van der Waals surface area contributed by atoms with Crippen LogP contribution < -0.4 is 10.5 Å². The average molecular weight is 385 g/mol. The van der Waals surface area contributed by atoms with E-state index in [0.29, 0.717) is 37.5 Å². The van der Waals surface area contributed by atoms with E-state index < -0.39 is 11.9 Å². The first kappa shape index (κ1) is 19.9. The lowest BCUT2D eigenvalue weighted by Gasteiger charge is -2.42. The number of benzene rings is 1. The smallest absolute Gasteiger partial charge is 0.253 e. The SMILES string of the molecule is COc1ccc(C(=O)N2CCN(C(C)C)C(C(N)=O)C2)cc1Cn1cccn1. The van der Waals surface area contributed by atoms with Crippen LogP contribution in [0.1, 0.15) is 29.8 Å². The largest absolute Gasteiger partial charge is 0.496 e. The number of hydrogen-bond donors (Lipinski definition) is 1.